The van der Waals surface area contributed by atoms with Crippen molar-refractivity contribution in [3.63, 3.8) is 0 Å². The van der Waals surface area contributed by atoms with Gasteiger partial charge < -0.3 is 5.11 Å². The van der Waals surface area contributed by atoms with Crippen LogP contribution in [-0.4, -0.2) is 50.0 Å². The van der Waals surface area contributed by atoms with Gasteiger partial charge in [-0.2, -0.15) is 17.4 Å². The molecule has 0 spiro atoms. The Morgan fingerprint density at radius 2 is 1.83 bits per heavy atom. The molecule has 0 aromatic rings. The molecule has 1 aliphatic heterocycles. The minimum absolute atomic E-state index is 0.212. The molecular weight excluding hydrogens is 266 g/mol. The van der Waals surface area contributed by atoms with Gasteiger partial charge in [-0.05, 0) is 18.3 Å². The van der Waals surface area contributed by atoms with E-state index in [4.69, 9.17) is 5.11 Å². The van der Waals surface area contributed by atoms with Crippen molar-refractivity contribution in [1.82, 2.24) is 9.03 Å². The number of nitrogens with zero attached hydrogens (tertiary/aromatic N) is 1. The van der Waals surface area contributed by atoms with Crippen molar-refractivity contribution >= 4 is 10.2 Å². The van der Waals surface area contributed by atoms with E-state index < -0.39 is 29.3 Å². The zero-order valence-corrected chi connectivity index (χ0v) is 11.4. The van der Waals surface area contributed by atoms with Crippen LogP contribution in [0.4, 0.5) is 8.78 Å². The minimum atomic E-state index is -3.90. The van der Waals surface area contributed by atoms with Gasteiger partial charge >= 0.3 is 0 Å². The van der Waals surface area contributed by atoms with E-state index in [0.717, 1.165) is 6.42 Å². The molecule has 0 aliphatic carbocycles. The molecule has 1 saturated heterocycles. The van der Waals surface area contributed by atoms with E-state index in [2.05, 4.69) is 0 Å². The molecule has 2 unspecified atom stereocenters. The summed E-state index contributed by atoms with van der Waals surface area (Å²) in [6.07, 6.45) is 0.929. The number of rotatable bonds is 5. The van der Waals surface area contributed by atoms with Gasteiger partial charge in [-0.3, -0.25) is 0 Å². The summed E-state index contributed by atoms with van der Waals surface area (Å²) in [5, 5.41) is 8.39. The first-order valence-electron chi connectivity index (χ1n) is 5.90. The highest BCUT2D eigenvalue weighted by Gasteiger charge is 2.34. The van der Waals surface area contributed by atoms with Gasteiger partial charge in [-0.25, -0.2) is 8.78 Å². The summed E-state index contributed by atoms with van der Waals surface area (Å²) in [5.74, 6) is -3.01. The molecule has 0 radical (unpaired) electrons. The monoisotopic (exact) mass is 286 g/mol. The number of aliphatic hydroxyl groups is 1. The van der Waals surface area contributed by atoms with E-state index in [1.807, 2.05) is 18.6 Å². The molecule has 1 aliphatic rings. The van der Waals surface area contributed by atoms with Gasteiger partial charge in [-0.1, -0.05) is 13.8 Å². The Morgan fingerprint density at radius 3 is 2.28 bits per heavy atom. The van der Waals surface area contributed by atoms with Crippen molar-refractivity contribution < 1.29 is 22.3 Å². The molecule has 0 saturated carbocycles. The average Bonchev–Trinajstić information content (AvgIpc) is 2.25. The molecule has 2 N–H and O–H groups in total. The number of piperidine rings is 1. The van der Waals surface area contributed by atoms with Gasteiger partial charge in [0.15, 0.2) is 0 Å². The summed E-state index contributed by atoms with van der Waals surface area (Å²) in [7, 11) is -3.90. The van der Waals surface area contributed by atoms with Crippen LogP contribution in [0, 0.1) is 11.8 Å². The third kappa shape index (κ3) is 4.42. The third-order valence-corrected chi connectivity index (χ3v) is 4.41. The van der Waals surface area contributed by atoms with Crippen molar-refractivity contribution in [1.29, 1.82) is 0 Å². The highest BCUT2D eigenvalue weighted by Crippen LogP contribution is 2.23. The second-order valence-corrected chi connectivity index (χ2v) is 6.86. The average molecular weight is 286 g/mol. The van der Waals surface area contributed by atoms with Crippen LogP contribution in [0.3, 0.4) is 0 Å². The first-order chi connectivity index (χ1) is 8.16. The quantitative estimate of drug-likeness (QED) is 0.770. The van der Waals surface area contributed by atoms with Crippen LogP contribution in [0.25, 0.3) is 0 Å². The van der Waals surface area contributed by atoms with Crippen LogP contribution in [0.5, 0.6) is 0 Å². The Hall–Kier alpha value is -0.310. The van der Waals surface area contributed by atoms with Crippen LogP contribution < -0.4 is 4.72 Å². The standard InChI is InChI=1S/C10H20F2N2O3S/c1-8-3-9(2)5-14(4-8)18(16,17)13-6-10(11,12)7-15/h8-9,13,15H,3-7H2,1-2H3. The number of hydrogen-bond donors (Lipinski definition) is 2. The van der Waals surface area contributed by atoms with Gasteiger partial charge in [0.2, 0.25) is 0 Å². The minimum Gasteiger partial charge on any atom is -0.390 e. The number of hydrogen-bond acceptors (Lipinski definition) is 3. The second-order valence-electron chi connectivity index (χ2n) is 5.10. The lowest BCUT2D eigenvalue weighted by Gasteiger charge is -2.34. The largest absolute Gasteiger partial charge is 0.390 e. The second kappa shape index (κ2) is 5.77. The summed E-state index contributed by atoms with van der Waals surface area (Å²) in [6.45, 7) is 2.09. The van der Waals surface area contributed by atoms with E-state index in [9.17, 15) is 17.2 Å². The zero-order chi connectivity index (χ0) is 14.0. The molecule has 2 atom stereocenters. The fourth-order valence-electron chi connectivity index (χ4n) is 2.15. The van der Waals surface area contributed by atoms with Crippen molar-refractivity contribution in [2.75, 3.05) is 26.2 Å². The number of aliphatic hydroxyl groups excluding tert-OH is 1. The van der Waals surface area contributed by atoms with Crippen LogP contribution in [0.2, 0.25) is 0 Å². The maximum atomic E-state index is 12.8. The molecule has 8 heteroatoms. The van der Waals surface area contributed by atoms with Crippen molar-refractivity contribution in [2.45, 2.75) is 26.2 Å². The highest BCUT2D eigenvalue weighted by atomic mass is 32.2. The van der Waals surface area contributed by atoms with E-state index >= 15 is 0 Å². The van der Waals surface area contributed by atoms with E-state index in [-0.39, 0.29) is 11.8 Å². The molecule has 5 nitrogen and oxygen atoms in total. The molecule has 1 fully saturated rings. The van der Waals surface area contributed by atoms with E-state index in [1.165, 1.54) is 4.31 Å². The topological polar surface area (TPSA) is 69.6 Å². The summed E-state index contributed by atoms with van der Waals surface area (Å²) in [4.78, 5) is 0. The van der Waals surface area contributed by atoms with Gasteiger partial charge in [0.25, 0.3) is 16.1 Å². The van der Waals surface area contributed by atoms with Crippen LogP contribution in [-0.2, 0) is 10.2 Å². The van der Waals surface area contributed by atoms with Gasteiger partial charge in [0.05, 0.1) is 6.54 Å². The molecule has 0 aromatic carbocycles. The number of nitrogens with one attached hydrogen (secondary N) is 1. The Bertz CT molecular complexity index is 365. The Balaban J connectivity index is 2.63. The molecule has 0 amide bonds. The van der Waals surface area contributed by atoms with Crippen LogP contribution in [0.1, 0.15) is 20.3 Å². The molecule has 1 rings (SSSR count). The molecule has 0 bridgehead atoms. The lowest BCUT2D eigenvalue weighted by atomic mass is 9.94. The van der Waals surface area contributed by atoms with Gasteiger partial charge in [-0.15, -0.1) is 0 Å². The van der Waals surface area contributed by atoms with Crippen molar-refractivity contribution in [3.05, 3.63) is 0 Å². The lowest BCUT2D eigenvalue weighted by Crippen LogP contribution is -2.50. The third-order valence-electron chi connectivity index (χ3n) is 2.92. The smallest absolute Gasteiger partial charge is 0.283 e. The first kappa shape index (κ1) is 15.7. The summed E-state index contributed by atoms with van der Waals surface area (Å²) < 4.78 is 52.3. The molecule has 0 aromatic heterocycles. The Kier molecular flexibility index (Phi) is 5.05. The lowest BCUT2D eigenvalue weighted by molar-refractivity contribution is -0.0440. The van der Waals surface area contributed by atoms with Crippen LogP contribution >= 0.6 is 0 Å². The van der Waals surface area contributed by atoms with Gasteiger partial charge in [0.1, 0.15) is 6.61 Å². The Labute approximate surface area is 106 Å². The summed E-state index contributed by atoms with van der Waals surface area (Å²) >= 11 is 0. The Morgan fingerprint density at radius 1 is 1.33 bits per heavy atom. The maximum Gasteiger partial charge on any atom is 0.283 e. The van der Waals surface area contributed by atoms with Gasteiger partial charge in [0, 0.05) is 13.1 Å². The van der Waals surface area contributed by atoms with E-state index in [1.54, 1.807) is 0 Å². The van der Waals surface area contributed by atoms with Crippen molar-refractivity contribution in [3.8, 4) is 0 Å². The summed E-state index contributed by atoms with van der Waals surface area (Å²) in [5.41, 5.74) is 0. The fourth-order valence-corrected chi connectivity index (χ4v) is 3.62. The first-order valence-corrected chi connectivity index (χ1v) is 7.34. The van der Waals surface area contributed by atoms with E-state index in [0.29, 0.717) is 13.1 Å². The fraction of sp³-hybridized carbons (Fsp3) is 1.00. The van der Waals surface area contributed by atoms with Crippen molar-refractivity contribution in [2.24, 2.45) is 11.8 Å². The normalized spacial score (nSPS) is 27.4. The predicted octanol–water partition coefficient (Wildman–Crippen LogP) is 0.426. The number of alkyl halides is 2. The SMILES string of the molecule is CC1CC(C)CN(S(=O)(=O)NCC(F)(F)CO)C1. The maximum absolute atomic E-state index is 12.8. The molecule has 18 heavy (non-hydrogen) atoms. The molecular formula is C10H20F2N2O3S. The number of halogens is 2. The predicted molar refractivity (Wildman–Crippen MR) is 63.5 cm³/mol. The molecule has 108 valence electrons. The summed E-state index contributed by atoms with van der Waals surface area (Å²) in [6, 6.07) is 0. The highest BCUT2D eigenvalue weighted by molar-refractivity contribution is 7.87. The van der Waals surface area contributed by atoms with Crippen LogP contribution in [0.15, 0.2) is 0 Å². The molecule has 1 heterocycles. The zero-order valence-electron chi connectivity index (χ0n) is 10.6.